The van der Waals surface area contributed by atoms with E-state index in [0.717, 1.165) is 10.0 Å². The van der Waals surface area contributed by atoms with Crippen molar-refractivity contribution in [2.75, 3.05) is 0 Å². The maximum absolute atomic E-state index is 6.60. The van der Waals surface area contributed by atoms with E-state index in [1.54, 1.807) is 11.3 Å². The summed E-state index contributed by atoms with van der Waals surface area (Å²) in [6.07, 6.45) is 0. The highest BCUT2D eigenvalue weighted by Gasteiger charge is 2.18. The molecule has 0 nitrogen and oxygen atoms in total. The van der Waals surface area contributed by atoms with Crippen molar-refractivity contribution in [1.29, 1.82) is 0 Å². The molecule has 1 unspecified atom stereocenters. The third-order valence-electron chi connectivity index (χ3n) is 2.54. The van der Waals surface area contributed by atoms with Gasteiger partial charge in [0.15, 0.2) is 0 Å². The van der Waals surface area contributed by atoms with Crippen LogP contribution in [0, 0.1) is 17.4 Å². The molecule has 0 spiro atoms. The molecule has 1 aromatic carbocycles. The van der Waals surface area contributed by atoms with E-state index in [1.165, 1.54) is 18.9 Å². The molecule has 4 heteroatoms. The van der Waals surface area contributed by atoms with Crippen LogP contribution in [0.15, 0.2) is 28.7 Å². The Morgan fingerprint density at radius 1 is 1.29 bits per heavy atom. The van der Waals surface area contributed by atoms with Crippen LogP contribution in [0.2, 0.25) is 0 Å². The molecule has 0 aliphatic rings. The third-order valence-corrected chi connectivity index (χ3v) is 5.73. The second kappa shape index (κ2) is 5.59. The molecule has 0 radical (unpaired) electrons. The van der Waals surface area contributed by atoms with Gasteiger partial charge in [-0.3, -0.25) is 0 Å². The Balaban J connectivity index is 2.46. The lowest BCUT2D eigenvalue weighted by atomic mass is 10.1. The predicted octanol–water partition coefficient (Wildman–Crippen LogP) is 6.06. The monoisotopic (exact) mass is 440 g/mol. The topological polar surface area (TPSA) is 0 Å². The van der Waals surface area contributed by atoms with Crippen molar-refractivity contribution in [2.24, 2.45) is 0 Å². The van der Waals surface area contributed by atoms with Crippen molar-refractivity contribution in [3.8, 4) is 0 Å². The number of halogens is 3. The van der Waals surface area contributed by atoms with E-state index < -0.39 is 0 Å². The maximum atomic E-state index is 6.60. The normalized spacial score (nSPS) is 12.8. The number of thiophene rings is 1. The van der Waals surface area contributed by atoms with Gasteiger partial charge in [-0.05, 0) is 71.8 Å². The molecule has 90 valence electrons. The van der Waals surface area contributed by atoms with Crippen LogP contribution >= 0.6 is 61.5 Å². The number of alkyl halides is 1. The van der Waals surface area contributed by atoms with E-state index in [2.05, 4.69) is 76.6 Å². The number of aryl methyl sites for hydroxylation is 2. The van der Waals surface area contributed by atoms with E-state index in [-0.39, 0.29) is 5.38 Å². The Bertz CT molecular complexity index is 550. The summed E-state index contributed by atoms with van der Waals surface area (Å²) in [5.41, 5.74) is 2.42. The van der Waals surface area contributed by atoms with Crippen LogP contribution in [0.5, 0.6) is 0 Å². The van der Waals surface area contributed by atoms with E-state index in [0.29, 0.717) is 0 Å². The quantitative estimate of drug-likeness (QED) is 0.393. The Labute approximate surface area is 133 Å². The fourth-order valence-corrected chi connectivity index (χ4v) is 4.40. The van der Waals surface area contributed by atoms with Crippen LogP contribution in [0.3, 0.4) is 0 Å². The SMILES string of the molecule is Cc1cc(C)c(C(Cl)c2cc(I)ccc2Br)s1. The first kappa shape index (κ1) is 13.8. The molecule has 2 rings (SSSR count). The highest BCUT2D eigenvalue weighted by molar-refractivity contribution is 14.1. The fraction of sp³-hybridized carbons (Fsp3) is 0.231. The first-order valence-electron chi connectivity index (χ1n) is 5.15. The van der Waals surface area contributed by atoms with Crippen LogP contribution in [0.25, 0.3) is 0 Å². The lowest BCUT2D eigenvalue weighted by Crippen LogP contribution is -1.94. The van der Waals surface area contributed by atoms with Gasteiger partial charge in [-0.2, -0.15) is 0 Å². The third kappa shape index (κ3) is 3.06. The molecular formula is C13H11BrClIS. The minimum Gasteiger partial charge on any atom is -0.143 e. The van der Waals surface area contributed by atoms with E-state index >= 15 is 0 Å². The number of hydrogen-bond acceptors (Lipinski definition) is 1. The van der Waals surface area contributed by atoms with Crippen molar-refractivity contribution >= 4 is 61.5 Å². The van der Waals surface area contributed by atoms with Crippen molar-refractivity contribution in [1.82, 2.24) is 0 Å². The zero-order chi connectivity index (χ0) is 12.6. The summed E-state index contributed by atoms with van der Waals surface area (Å²) >= 11 is 14.3. The van der Waals surface area contributed by atoms with Crippen LogP contribution in [0.4, 0.5) is 0 Å². The standard InChI is InChI=1S/C13H11BrClIS/c1-7-5-8(2)17-13(7)12(15)10-6-9(16)3-4-11(10)14/h3-6,12H,1-2H3. The molecular weight excluding hydrogens is 430 g/mol. The molecule has 0 amide bonds. The molecule has 1 atom stereocenters. The Kier molecular flexibility index (Phi) is 4.55. The smallest absolute Gasteiger partial charge is 0.0941 e. The minimum atomic E-state index is -0.0715. The van der Waals surface area contributed by atoms with Gasteiger partial charge in [0.25, 0.3) is 0 Å². The largest absolute Gasteiger partial charge is 0.143 e. The summed E-state index contributed by atoms with van der Waals surface area (Å²) in [5.74, 6) is 0. The molecule has 0 bridgehead atoms. The zero-order valence-electron chi connectivity index (χ0n) is 9.43. The lowest BCUT2D eigenvalue weighted by molar-refractivity contribution is 1.14. The van der Waals surface area contributed by atoms with Crippen molar-refractivity contribution in [3.63, 3.8) is 0 Å². The van der Waals surface area contributed by atoms with Gasteiger partial charge in [0.2, 0.25) is 0 Å². The number of rotatable bonds is 2. The van der Waals surface area contributed by atoms with Gasteiger partial charge in [-0.1, -0.05) is 15.9 Å². The fourth-order valence-electron chi connectivity index (χ4n) is 1.76. The van der Waals surface area contributed by atoms with Crippen LogP contribution in [0.1, 0.15) is 26.3 Å². The molecule has 0 aliphatic carbocycles. The molecule has 2 aromatic rings. The maximum Gasteiger partial charge on any atom is 0.0941 e. The molecule has 0 saturated heterocycles. The van der Waals surface area contributed by atoms with Gasteiger partial charge in [0.05, 0.1) is 5.38 Å². The van der Waals surface area contributed by atoms with Gasteiger partial charge in [0, 0.05) is 17.8 Å². The van der Waals surface area contributed by atoms with Crippen molar-refractivity contribution in [3.05, 3.63) is 53.2 Å². The molecule has 17 heavy (non-hydrogen) atoms. The molecule has 0 saturated carbocycles. The van der Waals surface area contributed by atoms with E-state index in [9.17, 15) is 0 Å². The first-order chi connectivity index (χ1) is 7.99. The van der Waals surface area contributed by atoms with Crippen LogP contribution < -0.4 is 0 Å². The molecule has 1 aromatic heterocycles. The summed E-state index contributed by atoms with van der Waals surface area (Å²) < 4.78 is 2.28. The van der Waals surface area contributed by atoms with Gasteiger partial charge in [-0.25, -0.2) is 0 Å². The molecule has 0 N–H and O–H groups in total. The van der Waals surface area contributed by atoms with E-state index in [1.807, 2.05) is 0 Å². The van der Waals surface area contributed by atoms with Gasteiger partial charge in [-0.15, -0.1) is 22.9 Å². The number of benzene rings is 1. The van der Waals surface area contributed by atoms with Crippen molar-refractivity contribution < 1.29 is 0 Å². The Morgan fingerprint density at radius 3 is 2.59 bits per heavy atom. The molecule has 0 fully saturated rings. The minimum absolute atomic E-state index is 0.0715. The van der Waals surface area contributed by atoms with Crippen LogP contribution in [-0.4, -0.2) is 0 Å². The van der Waals surface area contributed by atoms with Gasteiger partial charge in [0.1, 0.15) is 0 Å². The lowest BCUT2D eigenvalue weighted by Gasteiger charge is -2.12. The Hall–Kier alpha value is 0.420. The molecule has 1 heterocycles. The summed E-state index contributed by atoms with van der Waals surface area (Å²) in [6, 6.07) is 8.46. The highest BCUT2D eigenvalue weighted by Crippen LogP contribution is 2.39. The summed E-state index contributed by atoms with van der Waals surface area (Å²) in [5, 5.41) is -0.0715. The second-order valence-electron chi connectivity index (χ2n) is 3.93. The Morgan fingerprint density at radius 2 is 2.00 bits per heavy atom. The van der Waals surface area contributed by atoms with Crippen LogP contribution in [-0.2, 0) is 0 Å². The second-order valence-corrected chi connectivity index (χ2v) is 7.76. The average Bonchev–Trinajstić information content (AvgIpc) is 2.60. The summed E-state index contributed by atoms with van der Waals surface area (Å²) in [4.78, 5) is 2.55. The molecule has 0 aliphatic heterocycles. The predicted molar refractivity (Wildman–Crippen MR) is 88.3 cm³/mol. The summed E-state index contributed by atoms with van der Waals surface area (Å²) in [7, 11) is 0. The van der Waals surface area contributed by atoms with Gasteiger partial charge < -0.3 is 0 Å². The average molecular weight is 442 g/mol. The van der Waals surface area contributed by atoms with E-state index in [4.69, 9.17) is 11.6 Å². The summed E-state index contributed by atoms with van der Waals surface area (Å²) in [6.45, 7) is 4.24. The first-order valence-corrected chi connectivity index (χ1v) is 8.27. The zero-order valence-corrected chi connectivity index (χ0v) is 14.7. The van der Waals surface area contributed by atoms with Gasteiger partial charge >= 0.3 is 0 Å². The number of hydrogen-bond donors (Lipinski definition) is 0. The highest BCUT2D eigenvalue weighted by atomic mass is 127. The van der Waals surface area contributed by atoms with Crippen molar-refractivity contribution in [2.45, 2.75) is 19.2 Å².